The number of hydrogen-bond acceptors (Lipinski definition) is 9. The molecule has 33 heavy (non-hydrogen) atoms. The van der Waals surface area contributed by atoms with Crippen molar-refractivity contribution >= 4 is 45.5 Å². The molecule has 2 N–H and O–H groups in total. The van der Waals surface area contributed by atoms with Gasteiger partial charge in [-0.1, -0.05) is 23.9 Å². The second-order valence-electron chi connectivity index (χ2n) is 7.01. The number of nitrogens with one attached hydrogen (secondary N) is 2. The van der Waals surface area contributed by atoms with Gasteiger partial charge in [0.05, 0.1) is 30.1 Å². The Labute approximate surface area is 193 Å². The summed E-state index contributed by atoms with van der Waals surface area (Å²) >= 11 is 1.44. The second-order valence-corrected chi connectivity index (χ2v) is 7.79. The van der Waals surface area contributed by atoms with E-state index in [2.05, 4.69) is 25.7 Å². The number of nitrogens with zero attached hydrogens (tertiary/aromatic N) is 4. The lowest BCUT2D eigenvalue weighted by Crippen LogP contribution is -2.28. The first-order valence-corrected chi connectivity index (χ1v) is 11.7. The third-order valence-corrected chi connectivity index (χ3v) is 5.42. The number of benzene rings is 1. The quantitative estimate of drug-likeness (QED) is 0.205. The highest BCUT2D eigenvalue weighted by Crippen LogP contribution is 2.23. The molecule has 0 fully saturated rings. The Kier molecular flexibility index (Phi) is 7.20. The van der Waals surface area contributed by atoms with Gasteiger partial charge in [-0.15, -0.1) is 0 Å². The van der Waals surface area contributed by atoms with Crippen LogP contribution in [0.4, 0.5) is 5.82 Å². The van der Waals surface area contributed by atoms with Crippen molar-refractivity contribution in [1.29, 1.82) is 0 Å². The molecule has 0 spiro atoms. The van der Waals surface area contributed by atoms with Crippen molar-refractivity contribution in [3.63, 3.8) is 0 Å². The van der Waals surface area contributed by atoms with Crippen LogP contribution in [0.2, 0.25) is 0 Å². The summed E-state index contributed by atoms with van der Waals surface area (Å²) in [5.41, 5.74) is 0.782. The number of anilines is 1. The van der Waals surface area contributed by atoms with Gasteiger partial charge in [0.15, 0.2) is 22.0 Å². The molecule has 0 saturated heterocycles. The normalized spacial score (nSPS) is 11.2. The van der Waals surface area contributed by atoms with Gasteiger partial charge in [-0.2, -0.15) is 5.10 Å². The van der Waals surface area contributed by atoms with Gasteiger partial charge in [-0.25, -0.2) is 14.6 Å². The average molecular weight is 469 g/mol. The Morgan fingerprint density at radius 2 is 2.06 bits per heavy atom. The molecule has 0 saturated carbocycles. The Morgan fingerprint density at radius 3 is 2.88 bits per heavy atom. The highest BCUT2D eigenvalue weighted by Gasteiger charge is 2.15. The molecule has 0 aliphatic carbocycles. The molecular weight excluding hydrogens is 444 g/mol. The highest BCUT2D eigenvalue weighted by molar-refractivity contribution is 7.98. The highest BCUT2D eigenvalue weighted by atomic mass is 32.2. The SMILES string of the molecule is CCOCCNc1nc(SC)nc2c1cnn2CCNC(=O)c1cc(=O)c2ccccc2o1. The molecule has 172 valence electrons. The smallest absolute Gasteiger partial charge is 0.287 e. The fraction of sp³-hybridized carbons (Fsp3) is 0.318. The van der Waals surface area contributed by atoms with E-state index in [0.29, 0.717) is 53.9 Å². The molecule has 4 aromatic rings. The number of hydrogen-bond donors (Lipinski definition) is 2. The molecule has 0 aliphatic rings. The van der Waals surface area contributed by atoms with Crippen molar-refractivity contribution in [2.24, 2.45) is 0 Å². The maximum atomic E-state index is 12.5. The van der Waals surface area contributed by atoms with Gasteiger partial charge in [0.1, 0.15) is 11.4 Å². The Hall–Kier alpha value is -3.44. The zero-order chi connectivity index (χ0) is 23.2. The average Bonchev–Trinajstić information content (AvgIpc) is 3.24. The number of amides is 1. The first-order valence-electron chi connectivity index (χ1n) is 10.5. The van der Waals surface area contributed by atoms with Crippen LogP contribution < -0.4 is 16.1 Å². The van der Waals surface area contributed by atoms with Gasteiger partial charge in [0, 0.05) is 25.8 Å². The summed E-state index contributed by atoms with van der Waals surface area (Å²) in [4.78, 5) is 33.9. The molecule has 3 aromatic heterocycles. The lowest BCUT2D eigenvalue weighted by Gasteiger charge is -2.09. The molecule has 4 rings (SSSR count). The maximum absolute atomic E-state index is 12.5. The molecule has 0 radical (unpaired) electrons. The molecule has 0 aliphatic heterocycles. The number of carbonyl (C=O) groups is 1. The summed E-state index contributed by atoms with van der Waals surface area (Å²) in [6, 6.07) is 8.03. The van der Waals surface area contributed by atoms with Crippen molar-refractivity contribution in [3.05, 3.63) is 52.5 Å². The molecule has 0 atom stereocenters. The van der Waals surface area contributed by atoms with E-state index in [4.69, 9.17) is 9.15 Å². The number of rotatable bonds is 10. The summed E-state index contributed by atoms with van der Waals surface area (Å²) in [6.07, 6.45) is 3.61. The van der Waals surface area contributed by atoms with Gasteiger partial charge in [0.25, 0.3) is 5.91 Å². The third-order valence-electron chi connectivity index (χ3n) is 4.87. The van der Waals surface area contributed by atoms with E-state index >= 15 is 0 Å². The van der Waals surface area contributed by atoms with Crippen LogP contribution >= 0.6 is 11.8 Å². The van der Waals surface area contributed by atoms with Crippen molar-refractivity contribution in [3.8, 4) is 0 Å². The van der Waals surface area contributed by atoms with Crippen LogP contribution in [0.25, 0.3) is 22.0 Å². The first kappa shape index (κ1) is 22.7. The van der Waals surface area contributed by atoms with Crippen LogP contribution in [0.3, 0.4) is 0 Å². The minimum absolute atomic E-state index is 0.0307. The summed E-state index contributed by atoms with van der Waals surface area (Å²) in [7, 11) is 0. The molecule has 1 amide bonds. The number of thioether (sulfide) groups is 1. The number of aromatic nitrogens is 4. The third kappa shape index (κ3) is 5.15. The van der Waals surface area contributed by atoms with E-state index in [1.165, 1.54) is 17.8 Å². The summed E-state index contributed by atoms with van der Waals surface area (Å²) < 4.78 is 12.7. The Bertz CT molecular complexity index is 1340. The topological polar surface area (TPSA) is 124 Å². The second kappa shape index (κ2) is 10.5. The predicted octanol–water partition coefficient (Wildman–Crippen LogP) is 2.53. The Balaban J connectivity index is 1.46. The largest absolute Gasteiger partial charge is 0.451 e. The molecule has 1 aromatic carbocycles. The molecule has 3 heterocycles. The molecule has 10 nitrogen and oxygen atoms in total. The summed E-state index contributed by atoms with van der Waals surface area (Å²) in [6.45, 7) is 4.45. The summed E-state index contributed by atoms with van der Waals surface area (Å²) in [5, 5.41) is 12.3. The van der Waals surface area contributed by atoms with E-state index in [-0.39, 0.29) is 17.7 Å². The zero-order valence-electron chi connectivity index (χ0n) is 18.3. The number of para-hydroxylation sites is 1. The van der Waals surface area contributed by atoms with Gasteiger partial charge in [0.2, 0.25) is 0 Å². The zero-order valence-corrected chi connectivity index (χ0v) is 19.1. The fourth-order valence-corrected chi connectivity index (χ4v) is 3.65. The minimum Gasteiger partial charge on any atom is -0.451 e. The van der Waals surface area contributed by atoms with Crippen molar-refractivity contribution < 1.29 is 13.9 Å². The first-order chi connectivity index (χ1) is 16.1. The predicted molar refractivity (Wildman–Crippen MR) is 127 cm³/mol. The Morgan fingerprint density at radius 1 is 1.21 bits per heavy atom. The molecule has 0 unspecified atom stereocenters. The van der Waals surface area contributed by atoms with Crippen LogP contribution in [0.5, 0.6) is 0 Å². The van der Waals surface area contributed by atoms with E-state index < -0.39 is 5.91 Å². The van der Waals surface area contributed by atoms with Crippen LogP contribution in [-0.4, -0.2) is 58.2 Å². The standard InChI is InChI=1S/C22H24N6O4S/c1-3-31-11-9-23-19-15-13-25-28(20(15)27-22(26-19)33-2)10-8-24-21(30)18-12-16(29)14-6-4-5-7-17(14)32-18/h4-7,12-13H,3,8-11H2,1-2H3,(H,24,30)(H,23,26,27). The van der Waals surface area contributed by atoms with Crippen molar-refractivity contribution in [2.75, 3.05) is 37.9 Å². The van der Waals surface area contributed by atoms with Crippen LogP contribution in [0.1, 0.15) is 17.5 Å². The van der Waals surface area contributed by atoms with Gasteiger partial charge in [-0.05, 0) is 25.3 Å². The number of fused-ring (bicyclic) bond motifs is 2. The lowest BCUT2D eigenvalue weighted by atomic mass is 10.2. The van der Waals surface area contributed by atoms with Gasteiger partial charge >= 0.3 is 0 Å². The molecule has 0 bridgehead atoms. The van der Waals surface area contributed by atoms with Crippen LogP contribution in [0, 0.1) is 0 Å². The fourth-order valence-electron chi connectivity index (χ4n) is 3.29. The number of carbonyl (C=O) groups excluding carboxylic acids is 1. The molecular formula is C22H24N6O4S. The van der Waals surface area contributed by atoms with Crippen LogP contribution in [-0.2, 0) is 11.3 Å². The van der Waals surface area contributed by atoms with Crippen LogP contribution in [0.15, 0.2) is 50.9 Å². The lowest BCUT2D eigenvalue weighted by molar-refractivity contribution is 0.0925. The van der Waals surface area contributed by atoms with E-state index in [1.807, 2.05) is 13.2 Å². The maximum Gasteiger partial charge on any atom is 0.287 e. The van der Waals surface area contributed by atoms with Crippen molar-refractivity contribution in [1.82, 2.24) is 25.1 Å². The number of ether oxygens (including phenoxy) is 1. The van der Waals surface area contributed by atoms with Gasteiger partial charge < -0.3 is 19.8 Å². The monoisotopic (exact) mass is 468 g/mol. The van der Waals surface area contributed by atoms with Crippen molar-refractivity contribution in [2.45, 2.75) is 18.6 Å². The summed E-state index contributed by atoms with van der Waals surface area (Å²) in [5.74, 6) is 0.195. The van der Waals surface area contributed by atoms with Gasteiger partial charge in [-0.3, -0.25) is 9.59 Å². The van der Waals surface area contributed by atoms with E-state index in [0.717, 1.165) is 5.39 Å². The minimum atomic E-state index is -0.466. The molecule has 11 heteroatoms. The van der Waals surface area contributed by atoms with E-state index in [9.17, 15) is 9.59 Å². The van der Waals surface area contributed by atoms with E-state index in [1.54, 1.807) is 35.1 Å².